The topological polar surface area (TPSA) is 44.1 Å². The molecular formula is C15H21BrN2O2. The third-order valence-electron chi connectivity index (χ3n) is 4.66. The zero-order chi connectivity index (χ0) is 14.2. The SMILES string of the molecule is Cc1ncn(CC2CCC3(CCCCC3)O2)c(=O)c1Br. The highest BCUT2D eigenvalue weighted by molar-refractivity contribution is 9.10. The minimum Gasteiger partial charge on any atom is -0.370 e. The Kier molecular flexibility index (Phi) is 4.00. The van der Waals surface area contributed by atoms with E-state index in [4.69, 9.17) is 4.74 Å². The maximum atomic E-state index is 12.2. The second-order valence-electron chi connectivity index (χ2n) is 6.12. The third kappa shape index (κ3) is 2.70. The quantitative estimate of drug-likeness (QED) is 0.830. The van der Waals surface area contributed by atoms with E-state index in [1.54, 1.807) is 10.9 Å². The second-order valence-corrected chi connectivity index (χ2v) is 6.92. The van der Waals surface area contributed by atoms with Gasteiger partial charge < -0.3 is 4.74 Å². The van der Waals surface area contributed by atoms with Crippen molar-refractivity contribution in [1.29, 1.82) is 0 Å². The summed E-state index contributed by atoms with van der Waals surface area (Å²) in [5.74, 6) is 0. The van der Waals surface area contributed by atoms with E-state index in [1.165, 1.54) is 32.1 Å². The van der Waals surface area contributed by atoms with Crippen LogP contribution < -0.4 is 5.56 Å². The Morgan fingerprint density at radius 1 is 1.40 bits per heavy atom. The number of ether oxygens (including phenoxy) is 1. The number of hydrogen-bond donors (Lipinski definition) is 0. The molecule has 1 aliphatic carbocycles. The first-order valence-corrected chi connectivity index (χ1v) is 8.28. The number of halogens is 1. The molecule has 2 heterocycles. The molecule has 0 aromatic carbocycles. The molecule has 1 aromatic heterocycles. The lowest BCUT2D eigenvalue weighted by atomic mass is 9.83. The van der Waals surface area contributed by atoms with Crippen molar-refractivity contribution in [3.05, 3.63) is 26.8 Å². The standard InChI is InChI=1S/C15H21BrN2O2/c1-11-13(16)14(19)18(10-17-11)9-12-5-8-15(20-12)6-3-2-4-7-15/h10,12H,2-9H2,1H3. The van der Waals surface area contributed by atoms with Gasteiger partial charge in [-0.3, -0.25) is 9.36 Å². The first kappa shape index (κ1) is 14.3. The van der Waals surface area contributed by atoms with Crippen LogP contribution in [0.2, 0.25) is 0 Å². The summed E-state index contributed by atoms with van der Waals surface area (Å²) in [5.41, 5.74) is 0.843. The van der Waals surface area contributed by atoms with E-state index in [0.717, 1.165) is 18.5 Å². The van der Waals surface area contributed by atoms with Gasteiger partial charge in [0.05, 0.1) is 30.3 Å². The van der Waals surface area contributed by atoms with Gasteiger partial charge in [0, 0.05) is 0 Å². The molecule has 3 rings (SSSR count). The molecule has 1 unspecified atom stereocenters. The molecule has 110 valence electrons. The highest BCUT2D eigenvalue weighted by Crippen LogP contribution is 2.42. The molecule has 0 bridgehead atoms. The van der Waals surface area contributed by atoms with Crippen LogP contribution in [0.25, 0.3) is 0 Å². The van der Waals surface area contributed by atoms with Crippen molar-refractivity contribution in [2.75, 3.05) is 0 Å². The van der Waals surface area contributed by atoms with E-state index in [9.17, 15) is 4.79 Å². The molecule has 5 heteroatoms. The fraction of sp³-hybridized carbons (Fsp3) is 0.733. The van der Waals surface area contributed by atoms with Gasteiger partial charge in [-0.25, -0.2) is 4.98 Å². The number of rotatable bonds is 2. The smallest absolute Gasteiger partial charge is 0.267 e. The van der Waals surface area contributed by atoms with Crippen LogP contribution in [0.1, 0.15) is 50.6 Å². The van der Waals surface area contributed by atoms with Gasteiger partial charge in [-0.05, 0) is 48.5 Å². The highest BCUT2D eigenvalue weighted by Gasteiger charge is 2.40. The van der Waals surface area contributed by atoms with Crippen LogP contribution >= 0.6 is 15.9 Å². The first-order valence-electron chi connectivity index (χ1n) is 7.49. The van der Waals surface area contributed by atoms with E-state index in [2.05, 4.69) is 20.9 Å². The van der Waals surface area contributed by atoms with E-state index < -0.39 is 0 Å². The number of nitrogens with zero attached hydrogens (tertiary/aromatic N) is 2. The van der Waals surface area contributed by atoms with Gasteiger partial charge in [0.25, 0.3) is 5.56 Å². The van der Waals surface area contributed by atoms with Crippen molar-refractivity contribution in [2.45, 2.75) is 70.1 Å². The van der Waals surface area contributed by atoms with Crippen LogP contribution in [0.3, 0.4) is 0 Å². The molecule has 1 spiro atoms. The number of hydrogen-bond acceptors (Lipinski definition) is 3. The Morgan fingerprint density at radius 3 is 2.90 bits per heavy atom. The number of aromatic nitrogens is 2. The molecule has 1 saturated carbocycles. The monoisotopic (exact) mass is 340 g/mol. The van der Waals surface area contributed by atoms with E-state index >= 15 is 0 Å². The molecule has 2 fully saturated rings. The number of aryl methyl sites for hydroxylation is 1. The van der Waals surface area contributed by atoms with Crippen LogP contribution in [-0.4, -0.2) is 21.3 Å². The average Bonchev–Trinajstić information content (AvgIpc) is 2.83. The zero-order valence-electron chi connectivity index (χ0n) is 11.9. The van der Waals surface area contributed by atoms with Crippen molar-refractivity contribution in [3.8, 4) is 0 Å². The molecule has 0 amide bonds. The summed E-state index contributed by atoms with van der Waals surface area (Å²) in [6.07, 6.45) is 10.3. The molecule has 1 aromatic rings. The van der Waals surface area contributed by atoms with Gasteiger partial charge in [0.15, 0.2) is 0 Å². The minimum absolute atomic E-state index is 0.00862. The van der Waals surface area contributed by atoms with Crippen LogP contribution in [-0.2, 0) is 11.3 Å². The summed E-state index contributed by atoms with van der Waals surface area (Å²) in [7, 11) is 0. The van der Waals surface area contributed by atoms with Crippen molar-refractivity contribution < 1.29 is 4.74 Å². The molecule has 1 saturated heterocycles. The molecule has 20 heavy (non-hydrogen) atoms. The van der Waals surface area contributed by atoms with Crippen molar-refractivity contribution in [1.82, 2.24) is 9.55 Å². The Bertz CT molecular complexity index is 549. The largest absolute Gasteiger partial charge is 0.370 e. The fourth-order valence-electron chi connectivity index (χ4n) is 3.48. The van der Waals surface area contributed by atoms with Gasteiger partial charge in [-0.1, -0.05) is 19.3 Å². The second kappa shape index (κ2) is 5.60. The van der Waals surface area contributed by atoms with Gasteiger partial charge in [0.2, 0.25) is 0 Å². The lowest BCUT2D eigenvalue weighted by Gasteiger charge is -2.33. The molecule has 4 nitrogen and oxygen atoms in total. The summed E-state index contributed by atoms with van der Waals surface area (Å²) in [4.78, 5) is 16.4. The van der Waals surface area contributed by atoms with E-state index in [1.807, 2.05) is 6.92 Å². The normalized spacial score (nSPS) is 25.2. The summed E-state index contributed by atoms with van der Waals surface area (Å²) < 4.78 is 8.55. The summed E-state index contributed by atoms with van der Waals surface area (Å²) in [5, 5.41) is 0. The Balaban J connectivity index is 1.71. The molecule has 0 radical (unpaired) electrons. The van der Waals surface area contributed by atoms with Crippen molar-refractivity contribution in [3.63, 3.8) is 0 Å². The molecule has 1 atom stereocenters. The van der Waals surface area contributed by atoms with E-state index in [0.29, 0.717) is 11.0 Å². The predicted octanol–water partition coefficient (Wildman–Crippen LogP) is 3.20. The van der Waals surface area contributed by atoms with Crippen molar-refractivity contribution in [2.24, 2.45) is 0 Å². The lowest BCUT2D eigenvalue weighted by molar-refractivity contribution is -0.0683. The highest BCUT2D eigenvalue weighted by atomic mass is 79.9. The Hall–Kier alpha value is -0.680. The Morgan fingerprint density at radius 2 is 2.15 bits per heavy atom. The van der Waals surface area contributed by atoms with Gasteiger partial charge in [-0.2, -0.15) is 0 Å². The van der Waals surface area contributed by atoms with E-state index in [-0.39, 0.29) is 17.3 Å². The van der Waals surface area contributed by atoms with Gasteiger partial charge in [-0.15, -0.1) is 0 Å². The van der Waals surface area contributed by atoms with Gasteiger partial charge >= 0.3 is 0 Å². The average molecular weight is 341 g/mol. The summed E-state index contributed by atoms with van der Waals surface area (Å²) in [6.45, 7) is 2.45. The van der Waals surface area contributed by atoms with Crippen LogP contribution in [0.5, 0.6) is 0 Å². The molecule has 0 N–H and O–H groups in total. The molecule has 2 aliphatic rings. The maximum Gasteiger partial charge on any atom is 0.267 e. The first-order chi connectivity index (χ1) is 9.60. The third-order valence-corrected chi connectivity index (χ3v) is 5.57. The predicted molar refractivity (Wildman–Crippen MR) is 80.9 cm³/mol. The van der Waals surface area contributed by atoms with Crippen LogP contribution in [0.15, 0.2) is 15.6 Å². The fourth-order valence-corrected chi connectivity index (χ4v) is 3.81. The lowest BCUT2D eigenvalue weighted by Crippen LogP contribution is -2.34. The van der Waals surface area contributed by atoms with Crippen molar-refractivity contribution >= 4 is 15.9 Å². The van der Waals surface area contributed by atoms with Crippen LogP contribution in [0.4, 0.5) is 0 Å². The molecule has 1 aliphatic heterocycles. The summed E-state index contributed by atoms with van der Waals surface area (Å²) >= 11 is 3.31. The van der Waals surface area contributed by atoms with Crippen LogP contribution in [0, 0.1) is 6.92 Å². The maximum absolute atomic E-state index is 12.2. The minimum atomic E-state index is -0.00862. The molecular weight excluding hydrogens is 320 g/mol. The summed E-state index contributed by atoms with van der Waals surface area (Å²) in [6, 6.07) is 0. The Labute approximate surface area is 127 Å². The van der Waals surface area contributed by atoms with Gasteiger partial charge in [0.1, 0.15) is 4.47 Å². The zero-order valence-corrected chi connectivity index (χ0v) is 13.5.